The topological polar surface area (TPSA) is 72.6 Å². The summed E-state index contributed by atoms with van der Waals surface area (Å²) in [5.41, 5.74) is 5.35. The number of aliphatic hydroxyl groups excluding tert-OH is 1. The minimum atomic E-state index is -0.792. The molecule has 0 unspecified atom stereocenters. The third kappa shape index (κ3) is 4.44. The van der Waals surface area contributed by atoms with Gasteiger partial charge < -0.3 is 15.6 Å². The highest BCUT2D eigenvalue weighted by molar-refractivity contribution is 5.65. The lowest BCUT2D eigenvalue weighted by molar-refractivity contribution is 0.0285. The molecule has 0 aliphatic heterocycles. The van der Waals surface area contributed by atoms with E-state index in [4.69, 9.17) is 10.5 Å². The molecule has 0 heterocycles. The van der Waals surface area contributed by atoms with E-state index in [0.29, 0.717) is 6.42 Å². The van der Waals surface area contributed by atoms with Crippen molar-refractivity contribution in [2.75, 3.05) is 6.61 Å². The average molecular weight is 237 g/mol. The van der Waals surface area contributed by atoms with Crippen molar-refractivity contribution in [1.82, 2.24) is 0 Å². The third-order valence-electron chi connectivity index (χ3n) is 2.61. The average Bonchev–Trinajstić information content (AvgIpc) is 2.25. The van der Waals surface area contributed by atoms with Gasteiger partial charge in [0.05, 0.1) is 6.61 Å². The molecule has 4 nitrogen and oxygen atoms in total. The van der Waals surface area contributed by atoms with E-state index in [1.807, 2.05) is 30.3 Å². The highest BCUT2D eigenvalue weighted by atomic mass is 16.6. The summed E-state index contributed by atoms with van der Waals surface area (Å²) in [4.78, 5) is 10.8. The van der Waals surface area contributed by atoms with Crippen molar-refractivity contribution in [3.8, 4) is 0 Å². The van der Waals surface area contributed by atoms with Crippen LogP contribution in [0.15, 0.2) is 30.3 Å². The first-order valence-electron chi connectivity index (χ1n) is 5.59. The number of nitrogens with two attached hydrogens (primary N) is 1. The lowest BCUT2D eigenvalue weighted by Gasteiger charge is -2.28. The Morgan fingerprint density at radius 3 is 2.47 bits per heavy atom. The smallest absolute Gasteiger partial charge is 0.405 e. The maximum atomic E-state index is 10.8. The first-order chi connectivity index (χ1) is 7.94. The number of carbonyl (C=O) groups is 1. The van der Waals surface area contributed by atoms with E-state index in [-0.39, 0.29) is 12.5 Å². The maximum absolute atomic E-state index is 10.8. The van der Waals surface area contributed by atoms with Gasteiger partial charge in [-0.3, -0.25) is 0 Å². The second-order valence-corrected chi connectivity index (χ2v) is 4.68. The molecule has 94 valence electrons. The molecule has 1 amide bonds. The number of rotatable bonds is 5. The molecule has 3 N–H and O–H groups in total. The van der Waals surface area contributed by atoms with Gasteiger partial charge in [-0.05, 0) is 25.8 Å². The molecule has 1 rings (SSSR count). The molecule has 0 spiro atoms. The molecule has 0 aromatic heterocycles. The Morgan fingerprint density at radius 2 is 2.00 bits per heavy atom. The van der Waals surface area contributed by atoms with Crippen LogP contribution in [0, 0.1) is 0 Å². The van der Waals surface area contributed by atoms with Crippen LogP contribution in [-0.4, -0.2) is 23.4 Å². The van der Waals surface area contributed by atoms with Crippen LogP contribution in [0.25, 0.3) is 0 Å². The van der Waals surface area contributed by atoms with Crippen molar-refractivity contribution in [3.05, 3.63) is 35.9 Å². The molecule has 0 saturated carbocycles. The Bertz CT molecular complexity index is 362. The molecule has 1 aromatic rings. The number of hydrogen-bond donors (Lipinski definition) is 2. The van der Waals surface area contributed by atoms with Gasteiger partial charge in [0.25, 0.3) is 0 Å². The molecule has 4 heteroatoms. The third-order valence-corrected chi connectivity index (χ3v) is 2.61. The summed E-state index contributed by atoms with van der Waals surface area (Å²) < 4.78 is 5.02. The van der Waals surface area contributed by atoms with Crippen LogP contribution in [0.2, 0.25) is 0 Å². The number of amides is 1. The molecule has 17 heavy (non-hydrogen) atoms. The summed E-state index contributed by atoms with van der Waals surface area (Å²) in [6.45, 7) is 3.57. The highest BCUT2D eigenvalue weighted by Crippen LogP contribution is 2.27. The van der Waals surface area contributed by atoms with Crippen LogP contribution in [0.1, 0.15) is 31.7 Å². The summed E-state index contributed by atoms with van der Waals surface area (Å²) in [7, 11) is 0. The Kier molecular flexibility index (Phi) is 4.52. The van der Waals surface area contributed by atoms with Gasteiger partial charge in [0.15, 0.2) is 0 Å². The fourth-order valence-corrected chi connectivity index (χ4v) is 1.92. The van der Waals surface area contributed by atoms with Crippen LogP contribution in [-0.2, 0) is 4.74 Å². The molecule has 0 aliphatic rings. The minimum Gasteiger partial charge on any atom is -0.444 e. The zero-order chi connectivity index (χ0) is 12.9. The lowest BCUT2D eigenvalue weighted by Crippen LogP contribution is -2.33. The number of primary amides is 1. The molecule has 0 bridgehead atoms. The molecular formula is C13H19NO3. The fraction of sp³-hybridized carbons (Fsp3) is 0.462. The Hall–Kier alpha value is -1.55. The predicted octanol–water partition coefficient (Wildman–Crippen LogP) is 2.03. The SMILES string of the molecule is CC(C)(C[C@@H](CO)c1ccccc1)OC(N)=O. The van der Waals surface area contributed by atoms with Crippen molar-refractivity contribution < 1.29 is 14.6 Å². The molecule has 0 aliphatic carbocycles. The van der Waals surface area contributed by atoms with Gasteiger partial charge in [-0.2, -0.15) is 0 Å². The van der Waals surface area contributed by atoms with Crippen LogP contribution in [0.4, 0.5) is 4.79 Å². The van der Waals surface area contributed by atoms with Crippen molar-refractivity contribution in [1.29, 1.82) is 0 Å². The summed E-state index contributed by atoms with van der Waals surface area (Å²) in [6.07, 6.45) is -0.268. The van der Waals surface area contributed by atoms with Crippen LogP contribution in [0.5, 0.6) is 0 Å². The van der Waals surface area contributed by atoms with Gasteiger partial charge >= 0.3 is 6.09 Å². The van der Waals surface area contributed by atoms with E-state index in [0.717, 1.165) is 5.56 Å². The van der Waals surface area contributed by atoms with E-state index >= 15 is 0 Å². The Morgan fingerprint density at radius 1 is 1.41 bits per heavy atom. The first-order valence-corrected chi connectivity index (χ1v) is 5.59. The Labute approximate surface area is 101 Å². The predicted molar refractivity (Wildman–Crippen MR) is 65.6 cm³/mol. The molecule has 0 fully saturated rings. The van der Waals surface area contributed by atoms with Gasteiger partial charge in [-0.15, -0.1) is 0 Å². The molecule has 0 saturated heterocycles. The van der Waals surface area contributed by atoms with Crippen molar-refractivity contribution in [3.63, 3.8) is 0 Å². The number of hydrogen-bond acceptors (Lipinski definition) is 3. The monoisotopic (exact) mass is 237 g/mol. The van der Waals surface area contributed by atoms with Crippen molar-refractivity contribution in [2.24, 2.45) is 5.73 Å². The molecular weight excluding hydrogens is 218 g/mol. The largest absolute Gasteiger partial charge is 0.444 e. The summed E-state index contributed by atoms with van der Waals surface area (Å²) in [5.74, 6) is -0.0643. The second kappa shape index (κ2) is 5.68. The van der Waals surface area contributed by atoms with Crippen LogP contribution in [0.3, 0.4) is 0 Å². The number of aliphatic hydroxyl groups is 1. The standard InChI is InChI=1S/C13H19NO3/c1-13(2,17-12(14)16)8-11(9-15)10-6-4-3-5-7-10/h3-7,11,15H,8-9H2,1-2H3,(H2,14,16)/t11-/m0/s1. The zero-order valence-corrected chi connectivity index (χ0v) is 10.2. The maximum Gasteiger partial charge on any atom is 0.405 e. The molecule has 1 atom stereocenters. The number of carbonyl (C=O) groups excluding carboxylic acids is 1. The van der Waals surface area contributed by atoms with Crippen LogP contribution < -0.4 is 5.73 Å². The fourth-order valence-electron chi connectivity index (χ4n) is 1.92. The Balaban J connectivity index is 2.73. The van der Waals surface area contributed by atoms with E-state index in [9.17, 15) is 9.90 Å². The second-order valence-electron chi connectivity index (χ2n) is 4.68. The van der Waals surface area contributed by atoms with E-state index < -0.39 is 11.7 Å². The zero-order valence-electron chi connectivity index (χ0n) is 10.2. The van der Waals surface area contributed by atoms with Gasteiger partial charge in [-0.25, -0.2) is 4.79 Å². The van der Waals surface area contributed by atoms with Crippen molar-refractivity contribution in [2.45, 2.75) is 31.8 Å². The first kappa shape index (κ1) is 13.5. The van der Waals surface area contributed by atoms with Crippen molar-refractivity contribution >= 4 is 6.09 Å². The summed E-state index contributed by atoms with van der Waals surface area (Å²) in [5, 5.41) is 9.41. The quantitative estimate of drug-likeness (QED) is 0.823. The van der Waals surface area contributed by atoms with E-state index in [1.165, 1.54) is 0 Å². The summed E-state index contributed by atoms with van der Waals surface area (Å²) in [6, 6.07) is 9.64. The highest BCUT2D eigenvalue weighted by Gasteiger charge is 2.27. The normalized spacial score (nSPS) is 13.1. The molecule has 0 radical (unpaired) electrons. The number of benzene rings is 1. The lowest BCUT2D eigenvalue weighted by atomic mass is 9.88. The van der Waals surface area contributed by atoms with E-state index in [1.54, 1.807) is 13.8 Å². The van der Waals surface area contributed by atoms with Gasteiger partial charge in [0, 0.05) is 5.92 Å². The van der Waals surface area contributed by atoms with E-state index in [2.05, 4.69) is 0 Å². The minimum absolute atomic E-state index is 0.00949. The number of ether oxygens (including phenoxy) is 1. The molecule has 1 aromatic carbocycles. The van der Waals surface area contributed by atoms with Crippen LogP contribution >= 0.6 is 0 Å². The van der Waals surface area contributed by atoms with Gasteiger partial charge in [-0.1, -0.05) is 30.3 Å². The van der Waals surface area contributed by atoms with Gasteiger partial charge in [0.1, 0.15) is 5.60 Å². The summed E-state index contributed by atoms with van der Waals surface area (Å²) >= 11 is 0. The van der Waals surface area contributed by atoms with Gasteiger partial charge in [0.2, 0.25) is 0 Å².